The average molecular weight is 377 g/mol. The van der Waals surface area contributed by atoms with Gasteiger partial charge in [-0.25, -0.2) is 4.98 Å². The minimum atomic E-state index is -0.227. The number of rotatable bonds is 7. The zero-order valence-corrected chi connectivity index (χ0v) is 16.0. The molecule has 1 aromatic heterocycles. The molecule has 140 valence electrons. The SMILES string of the molecule is COc1ccc2sc(N(CCCN(C)C)C(=O)C3=COCCO3)nc2c1. The molecule has 8 heteroatoms. The third kappa shape index (κ3) is 4.25. The molecule has 1 amide bonds. The second-order valence-corrected chi connectivity index (χ2v) is 7.15. The van der Waals surface area contributed by atoms with Crippen molar-refractivity contribution in [2.24, 2.45) is 0 Å². The first kappa shape index (κ1) is 18.5. The van der Waals surface area contributed by atoms with Gasteiger partial charge in [0.2, 0.25) is 5.76 Å². The van der Waals surface area contributed by atoms with Gasteiger partial charge < -0.3 is 19.1 Å². The average Bonchev–Trinajstić information content (AvgIpc) is 3.07. The van der Waals surface area contributed by atoms with Gasteiger partial charge in [-0.05, 0) is 39.2 Å². The van der Waals surface area contributed by atoms with Gasteiger partial charge in [0, 0.05) is 12.6 Å². The molecule has 0 radical (unpaired) electrons. The van der Waals surface area contributed by atoms with Crippen LogP contribution in [0.2, 0.25) is 0 Å². The number of aromatic nitrogens is 1. The van der Waals surface area contributed by atoms with E-state index in [1.165, 1.54) is 17.6 Å². The summed E-state index contributed by atoms with van der Waals surface area (Å²) in [6.45, 7) is 2.26. The topological polar surface area (TPSA) is 64.1 Å². The molecule has 0 saturated carbocycles. The smallest absolute Gasteiger partial charge is 0.298 e. The Morgan fingerprint density at radius 1 is 1.31 bits per heavy atom. The molecule has 2 heterocycles. The van der Waals surface area contributed by atoms with Crippen LogP contribution in [0.5, 0.6) is 5.75 Å². The molecule has 0 N–H and O–H groups in total. The van der Waals surface area contributed by atoms with E-state index in [0.717, 1.165) is 28.9 Å². The molecule has 7 nitrogen and oxygen atoms in total. The van der Waals surface area contributed by atoms with E-state index in [1.54, 1.807) is 12.0 Å². The molecule has 0 saturated heterocycles. The van der Waals surface area contributed by atoms with Crippen LogP contribution in [0.15, 0.2) is 30.2 Å². The van der Waals surface area contributed by atoms with Gasteiger partial charge >= 0.3 is 0 Å². The maximum absolute atomic E-state index is 13.0. The number of benzene rings is 1. The van der Waals surface area contributed by atoms with E-state index in [4.69, 9.17) is 14.2 Å². The van der Waals surface area contributed by atoms with Crippen LogP contribution < -0.4 is 9.64 Å². The Kier molecular flexibility index (Phi) is 5.95. The summed E-state index contributed by atoms with van der Waals surface area (Å²) in [4.78, 5) is 21.4. The molecule has 2 aromatic rings. The highest BCUT2D eigenvalue weighted by Crippen LogP contribution is 2.32. The second kappa shape index (κ2) is 8.37. The number of carbonyl (C=O) groups excluding carboxylic acids is 1. The highest BCUT2D eigenvalue weighted by atomic mass is 32.1. The van der Waals surface area contributed by atoms with E-state index < -0.39 is 0 Å². The van der Waals surface area contributed by atoms with Crippen LogP contribution >= 0.6 is 11.3 Å². The van der Waals surface area contributed by atoms with E-state index in [1.807, 2.05) is 32.3 Å². The number of fused-ring (bicyclic) bond motifs is 1. The summed E-state index contributed by atoms with van der Waals surface area (Å²) in [5, 5.41) is 0.645. The molecule has 0 unspecified atom stereocenters. The van der Waals surface area contributed by atoms with Crippen LogP contribution in [0.1, 0.15) is 6.42 Å². The van der Waals surface area contributed by atoms with Crippen molar-refractivity contribution in [3.8, 4) is 5.75 Å². The van der Waals surface area contributed by atoms with Crippen molar-refractivity contribution in [3.05, 3.63) is 30.2 Å². The maximum Gasteiger partial charge on any atom is 0.298 e. The van der Waals surface area contributed by atoms with Crippen LogP contribution in [0.25, 0.3) is 10.2 Å². The molecule has 0 spiro atoms. The van der Waals surface area contributed by atoms with Crippen LogP contribution in [0.3, 0.4) is 0 Å². The fraction of sp³-hybridized carbons (Fsp3) is 0.444. The predicted molar refractivity (Wildman–Crippen MR) is 102 cm³/mol. The highest BCUT2D eigenvalue weighted by Gasteiger charge is 2.26. The van der Waals surface area contributed by atoms with Crippen LogP contribution in [-0.4, -0.2) is 63.3 Å². The number of thiazole rings is 1. The lowest BCUT2D eigenvalue weighted by molar-refractivity contribution is -0.119. The van der Waals surface area contributed by atoms with Crippen LogP contribution in [0, 0.1) is 0 Å². The van der Waals surface area contributed by atoms with Gasteiger partial charge in [-0.3, -0.25) is 9.69 Å². The number of anilines is 1. The number of carbonyl (C=O) groups is 1. The van der Waals surface area contributed by atoms with Crippen molar-refractivity contribution in [1.82, 2.24) is 9.88 Å². The van der Waals surface area contributed by atoms with E-state index in [-0.39, 0.29) is 11.7 Å². The molecule has 3 rings (SSSR count). The van der Waals surface area contributed by atoms with Crippen molar-refractivity contribution < 1.29 is 19.0 Å². The number of hydrogen-bond donors (Lipinski definition) is 0. The van der Waals surface area contributed by atoms with E-state index in [2.05, 4.69) is 9.88 Å². The number of ether oxygens (including phenoxy) is 3. The van der Waals surface area contributed by atoms with E-state index in [0.29, 0.717) is 24.9 Å². The van der Waals surface area contributed by atoms with Gasteiger partial charge in [-0.2, -0.15) is 0 Å². The first-order valence-electron chi connectivity index (χ1n) is 8.44. The Balaban J connectivity index is 1.88. The summed E-state index contributed by atoms with van der Waals surface area (Å²) in [5.74, 6) is 0.735. The van der Waals surface area contributed by atoms with Gasteiger partial charge in [0.25, 0.3) is 5.91 Å². The molecule has 0 bridgehead atoms. The molecular weight excluding hydrogens is 354 g/mol. The zero-order chi connectivity index (χ0) is 18.5. The molecule has 1 aromatic carbocycles. The number of amides is 1. The monoisotopic (exact) mass is 377 g/mol. The Bertz CT molecular complexity index is 803. The van der Waals surface area contributed by atoms with Crippen molar-refractivity contribution in [1.29, 1.82) is 0 Å². The Morgan fingerprint density at radius 3 is 2.85 bits per heavy atom. The quantitative estimate of drug-likeness (QED) is 0.739. The minimum absolute atomic E-state index is 0.220. The second-order valence-electron chi connectivity index (χ2n) is 6.15. The standard InChI is InChI=1S/C18H23N3O4S/c1-20(2)7-4-8-21(17(22)15-12-24-9-10-25-15)18-19-14-11-13(23-3)5-6-16(14)26-18/h5-6,11-12H,4,7-10H2,1-3H3. The van der Waals surface area contributed by atoms with Crippen molar-refractivity contribution in [3.63, 3.8) is 0 Å². The van der Waals surface area contributed by atoms with Crippen molar-refractivity contribution in [2.75, 3.05) is 52.4 Å². The molecule has 1 aliphatic rings. The molecule has 0 aliphatic carbocycles. The van der Waals surface area contributed by atoms with Crippen LogP contribution in [0.4, 0.5) is 5.13 Å². The van der Waals surface area contributed by atoms with Gasteiger partial charge in [-0.1, -0.05) is 11.3 Å². The zero-order valence-electron chi connectivity index (χ0n) is 15.2. The van der Waals surface area contributed by atoms with Gasteiger partial charge in [-0.15, -0.1) is 0 Å². The summed E-state index contributed by atoms with van der Waals surface area (Å²) < 4.78 is 17.0. The van der Waals surface area contributed by atoms with Crippen LogP contribution in [-0.2, 0) is 14.3 Å². The van der Waals surface area contributed by atoms with Crippen molar-refractivity contribution >= 4 is 32.6 Å². The molecular formula is C18H23N3O4S. The first-order chi connectivity index (χ1) is 12.6. The summed E-state index contributed by atoms with van der Waals surface area (Å²) in [7, 11) is 5.64. The maximum atomic E-state index is 13.0. The van der Waals surface area contributed by atoms with Gasteiger partial charge in [0.1, 0.15) is 25.2 Å². The summed E-state index contributed by atoms with van der Waals surface area (Å²) >= 11 is 1.48. The Morgan fingerprint density at radius 2 is 2.15 bits per heavy atom. The largest absolute Gasteiger partial charge is 0.497 e. The number of methoxy groups -OCH3 is 1. The third-order valence-electron chi connectivity index (χ3n) is 3.91. The number of nitrogens with zero attached hydrogens (tertiary/aromatic N) is 3. The Hall–Kier alpha value is -2.32. The highest BCUT2D eigenvalue weighted by molar-refractivity contribution is 7.22. The molecule has 1 aliphatic heterocycles. The van der Waals surface area contributed by atoms with E-state index in [9.17, 15) is 4.79 Å². The fourth-order valence-corrected chi connectivity index (χ4v) is 3.55. The molecule has 26 heavy (non-hydrogen) atoms. The normalized spacial score (nSPS) is 13.9. The predicted octanol–water partition coefficient (Wildman–Crippen LogP) is 2.48. The number of hydrogen-bond acceptors (Lipinski definition) is 7. The van der Waals surface area contributed by atoms with Gasteiger partial charge in [0.15, 0.2) is 5.13 Å². The van der Waals surface area contributed by atoms with Gasteiger partial charge in [0.05, 0.1) is 17.3 Å². The Labute approximate surface area is 156 Å². The lowest BCUT2D eigenvalue weighted by Crippen LogP contribution is -2.36. The van der Waals surface area contributed by atoms with E-state index >= 15 is 0 Å². The third-order valence-corrected chi connectivity index (χ3v) is 4.97. The minimum Gasteiger partial charge on any atom is -0.497 e. The van der Waals surface area contributed by atoms with Crippen molar-refractivity contribution in [2.45, 2.75) is 6.42 Å². The summed E-state index contributed by atoms with van der Waals surface area (Å²) in [6.07, 6.45) is 2.22. The molecule has 0 fully saturated rings. The first-order valence-corrected chi connectivity index (χ1v) is 9.26. The summed E-state index contributed by atoms with van der Waals surface area (Å²) in [5.41, 5.74) is 0.810. The fourth-order valence-electron chi connectivity index (χ4n) is 2.58. The molecule has 0 atom stereocenters. The lowest BCUT2D eigenvalue weighted by Gasteiger charge is -2.23. The lowest BCUT2D eigenvalue weighted by atomic mass is 10.3. The summed E-state index contributed by atoms with van der Waals surface area (Å²) in [6, 6.07) is 5.72.